The number of nitrogens with zero attached hydrogens (tertiary/aromatic N) is 2. The number of aliphatic hydroxyl groups excluding tert-OH is 1. The number of aliphatic hydroxyl groups is 1. The molecule has 1 aromatic rings. The summed E-state index contributed by atoms with van der Waals surface area (Å²) in [5, 5.41) is 9.22. The van der Waals surface area contributed by atoms with E-state index in [0.717, 1.165) is 25.2 Å². The number of pyridine rings is 1. The van der Waals surface area contributed by atoms with Crippen molar-refractivity contribution in [2.24, 2.45) is 11.8 Å². The van der Waals surface area contributed by atoms with Crippen LogP contribution in [0.2, 0.25) is 0 Å². The highest BCUT2D eigenvalue weighted by Gasteiger charge is 2.28. The quantitative estimate of drug-likeness (QED) is 0.513. The molecule has 16 heavy (non-hydrogen) atoms. The topological polar surface area (TPSA) is 74.4 Å². The molecule has 1 heterocycles. The molecule has 1 saturated carbocycles. The SMILES string of the molecule is CN(CC1CC(O)C1)c1cccc(NN)n1. The van der Waals surface area contributed by atoms with Gasteiger partial charge in [0.25, 0.3) is 0 Å². The largest absolute Gasteiger partial charge is 0.393 e. The Morgan fingerprint density at radius 1 is 1.56 bits per heavy atom. The number of hydrogen-bond donors (Lipinski definition) is 3. The Kier molecular flexibility index (Phi) is 3.26. The fourth-order valence-corrected chi connectivity index (χ4v) is 2.05. The van der Waals surface area contributed by atoms with E-state index in [4.69, 9.17) is 5.84 Å². The van der Waals surface area contributed by atoms with Crippen molar-refractivity contribution < 1.29 is 5.11 Å². The van der Waals surface area contributed by atoms with Crippen molar-refractivity contribution in [1.82, 2.24) is 4.98 Å². The highest BCUT2D eigenvalue weighted by molar-refractivity contribution is 5.45. The lowest BCUT2D eigenvalue weighted by molar-refractivity contribution is 0.0464. The van der Waals surface area contributed by atoms with E-state index in [1.165, 1.54) is 0 Å². The number of aromatic nitrogens is 1. The highest BCUT2D eigenvalue weighted by Crippen LogP contribution is 2.28. The van der Waals surface area contributed by atoms with E-state index in [9.17, 15) is 5.11 Å². The first-order valence-corrected chi connectivity index (χ1v) is 5.52. The summed E-state index contributed by atoms with van der Waals surface area (Å²) in [4.78, 5) is 6.44. The van der Waals surface area contributed by atoms with Crippen LogP contribution < -0.4 is 16.2 Å². The molecule has 5 nitrogen and oxygen atoms in total. The number of rotatable bonds is 4. The first kappa shape index (κ1) is 11.2. The maximum atomic E-state index is 9.22. The maximum absolute atomic E-state index is 9.22. The van der Waals surface area contributed by atoms with Crippen LogP contribution >= 0.6 is 0 Å². The van der Waals surface area contributed by atoms with Gasteiger partial charge in [0.05, 0.1) is 6.10 Å². The molecule has 0 unspecified atom stereocenters. The van der Waals surface area contributed by atoms with E-state index in [1.807, 2.05) is 25.2 Å². The molecule has 88 valence electrons. The Morgan fingerprint density at radius 3 is 2.94 bits per heavy atom. The highest BCUT2D eigenvalue weighted by atomic mass is 16.3. The van der Waals surface area contributed by atoms with Crippen LogP contribution in [-0.2, 0) is 0 Å². The van der Waals surface area contributed by atoms with Crippen molar-refractivity contribution >= 4 is 11.6 Å². The van der Waals surface area contributed by atoms with Gasteiger partial charge in [-0.2, -0.15) is 0 Å². The summed E-state index contributed by atoms with van der Waals surface area (Å²) in [6, 6.07) is 5.70. The minimum absolute atomic E-state index is 0.0941. The summed E-state index contributed by atoms with van der Waals surface area (Å²) in [6.07, 6.45) is 1.71. The molecule has 0 aromatic carbocycles. The molecule has 1 aromatic heterocycles. The molecule has 0 radical (unpaired) electrons. The second-order valence-electron chi connectivity index (χ2n) is 4.40. The molecular weight excluding hydrogens is 204 g/mol. The Balaban J connectivity index is 1.94. The minimum Gasteiger partial charge on any atom is -0.393 e. The molecule has 1 fully saturated rings. The normalized spacial score (nSPS) is 23.7. The first-order chi connectivity index (χ1) is 7.69. The fourth-order valence-electron chi connectivity index (χ4n) is 2.05. The minimum atomic E-state index is -0.0941. The predicted octanol–water partition coefficient (Wildman–Crippen LogP) is 0.574. The van der Waals surface area contributed by atoms with Crippen LogP contribution in [0, 0.1) is 5.92 Å². The molecule has 0 saturated heterocycles. The lowest BCUT2D eigenvalue weighted by Crippen LogP contribution is -2.37. The lowest BCUT2D eigenvalue weighted by Gasteiger charge is -2.34. The van der Waals surface area contributed by atoms with E-state index in [0.29, 0.717) is 11.7 Å². The molecule has 2 rings (SSSR count). The van der Waals surface area contributed by atoms with Crippen LogP contribution in [-0.4, -0.2) is 29.8 Å². The smallest absolute Gasteiger partial charge is 0.142 e. The molecule has 0 spiro atoms. The van der Waals surface area contributed by atoms with Gasteiger partial charge in [-0.15, -0.1) is 0 Å². The molecule has 5 heteroatoms. The van der Waals surface area contributed by atoms with Gasteiger partial charge in [-0.25, -0.2) is 10.8 Å². The molecule has 0 bridgehead atoms. The number of hydrogen-bond acceptors (Lipinski definition) is 5. The Labute approximate surface area is 95.2 Å². The monoisotopic (exact) mass is 222 g/mol. The first-order valence-electron chi connectivity index (χ1n) is 5.52. The van der Waals surface area contributed by atoms with Crippen LogP contribution in [0.3, 0.4) is 0 Å². The molecule has 0 amide bonds. The summed E-state index contributed by atoms with van der Waals surface area (Å²) in [6.45, 7) is 0.929. The predicted molar refractivity (Wildman–Crippen MR) is 64.0 cm³/mol. The van der Waals surface area contributed by atoms with Crippen LogP contribution in [0.1, 0.15) is 12.8 Å². The second kappa shape index (κ2) is 4.67. The molecule has 4 N–H and O–H groups in total. The zero-order valence-corrected chi connectivity index (χ0v) is 9.43. The number of nitrogens with one attached hydrogen (secondary N) is 1. The number of hydrazine groups is 1. The summed E-state index contributed by atoms with van der Waals surface area (Å²) in [7, 11) is 2.01. The average Bonchev–Trinajstić information content (AvgIpc) is 2.27. The molecule has 1 aliphatic rings. The van der Waals surface area contributed by atoms with E-state index in [2.05, 4.69) is 15.3 Å². The average molecular weight is 222 g/mol. The second-order valence-corrected chi connectivity index (χ2v) is 4.40. The number of nitrogen functional groups attached to an aromatic ring is 1. The van der Waals surface area contributed by atoms with Gasteiger partial charge in [0.1, 0.15) is 11.6 Å². The van der Waals surface area contributed by atoms with Crippen LogP contribution in [0.5, 0.6) is 0 Å². The van der Waals surface area contributed by atoms with Gasteiger partial charge in [-0.05, 0) is 30.9 Å². The van der Waals surface area contributed by atoms with Crippen molar-refractivity contribution in [2.75, 3.05) is 23.9 Å². The van der Waals surface area contributed by atoms with Gasteiger partial charge < -0.3 is 15.4 Å². The van der Waals surface area contributed by atoms with Gasteiger partial charge in [0.15, 0.2) is 0 Å². The standard InChI is InChI=1S/C11H18N4O/c1-15(7-8-5-9(16)6-8)11-4-2-3-10(13-11)14-12/h2-4,8-9,16H,5-7,12H2,1H3,(H,13,14). The molecule has 0 aliphatic heterocycles. The molecule has 0 atom stereocenters. The molecule has 1 aliphatic carbocycles. The third-order valence-corrected chi connectivity index (χ3v) is 3.02. The van der Waals surface area contributed by atoms with E-state index < -0.39 is 0 Å². The zero-order chi connectivity index (χ0) is 11.5. The van der Waals surface area contributed by atoms with Crippen LogP contribution in [0.4, 0.5) is 11.6 Å². The van der Waals surface area contributed by atoms with Crippen molar-refractivity contribution in [3.63, 3.8) is 0 Å². The van der Waals surface area contributed by atoms with Crippen molar-refractivity contribution in [2.45, 2.75) is 18.9 Å². The van der Waals surface area contributed by atoms with Crippen molar-refractivity contribution in [3.05, 3.63) is 18.2 Å². The van der Waals surface area contributed by atoms with Gasteiger partial charge >= 0.3 is 0 Å². The van der Waals surface area contributed by atoms with Gasteiger partial charge in [0.2, 0.25) is 0 Å². The fraction of sp³-hybridized carbons (Fsp3) is 0.545. The van der Waals surface area contributed by atoms with Crippen molar-refractivity contribution in [3.8, 4) is 0 Å². The third-order valence-electron chi connectivity index (χ3n) is 3.02. The van der Waals surface area contributed by atoms with Crippen LogP contribution in [0.15, 0.2) is 18.2 Å². The maximum Gasteiger partial charge on any atom is 0.142 e. The summed E-state index contributed by atoms with van der Waals surface area (Å²) >= 11 is 0. The summed E-state index contributed by atoms with van der Waals surface area (Å²) < 4.78 is 0. The van der Waals surface area contributed by atoms with Gasteiger partial charge in [0, 0.05) is 13.6 Å². The lowest BCUT2D eigenvalue weighted by atomic mass is 9.82. The Hall–Kier alpha value is -1.33. The third kappa shape index (κ3) is 2.43. The molecular formula is C11H18N4O. The summed E-state index contributed by atoms with van der Waals surface area (Å²) in [5.41, 5.74) is 2.53. The zero-order valence-electron chi connectivity index (χ0n) is 9.43. The van der Waals surface area contributed by atoms with Crippen molar-refractivity contribution in [1.29, 1.82) is 0 Å². The Bertz CT molecular complexity index is 352. The van der Waals surface area contributed by atoms with E-state index in [1.54, 1.807) is 0 Å². The van der Waals surface area contributed by atoms with Crippen LogP contribution in [0.25, 0.3) is 0 Å². The van der Waals surface area contributed by atoms with E-state index in [-0.39, 0.29) is 6.10 Å². The Morgan fingerprint density at radius 2 is 2.31 bits per heavy atom. The van der Waals surface area contributed by atoms with E-state index >= 15 is 0 Å². The summed E-state index contributed by atoms with van der Waals surface area (Å²) in [5.74, 6) is 7.46. The number of anilines is 2. The van der Waals surface area contributed by atoms with Gasteiger partial charge in [-0.3, -0.25) is 0 Å². The number of nitrogens with two attached hydrogens (primary N) is 1. The van der Waals surface area contributed by atoms with Gasteiger partial charge in [-0.1, -0.05) is 6.07 Å².